The number of rotatable bonds is 6. The molecule has 0 aliphatic carbocycles. The van der Waals surface area contributed by atoms with Crippen molar-refractivity contribution in [3.05, 3.63) is 80.0 Å². The SMILES string of the molecule is C=CCOc1ccc(-c2nc3s/c(=C/c4cc(Br)ccc4OC)c(=O)n3n2)cc1. The summed E-state index contributed by atoms with van der Waals surface area (Å²) in [7, 11) is 1.60. The number of fused-ring (bicyclic) bond motifs is 1. The van der Waals surface area contributed by atoms with Gasteiger partial charge in [0.1, 0.15) is 18.1 Å². The molecule has 0 radical (unpaired) electrons. The van der Waals surface area contributed by atoms with Gasteiger partial charge in [0.25, 0.3) is 5.56 Å². The number of methoxy groups -OCH3 is 1. The molecule has 0 amide bonds. The predicted molar refractivity (Wildman–Crippen MR) is 118 cm³/mol. The lowest BCUT2D eigenvalue weighted by Crippen LogP contribution is -2.23. The lowest BCUT2D eigenvalue weighted by molar-refractivity contribution is 0.363. The molecule has 0 saturated heterocycles. The highest BCUT2D eigenvalue weighted by Crippen LogP contribution is 2.24. The van der Waals surface area contributed by atoms with Gasteiger partial charge in [-0.15, -0.1) is 5.10 Å². The number of nitrogens with zero attached hydrogens (tertiary/aromatic N) is 3. The number of benzene rings is 2. The number of halogens is 1. The van der Waals surface area contributed by atoms with Crippen LogP contribution in [0.25, 0.3) is 22.4 Å². The number of hydrogen-bond acceptors (Lipinski definition) is 6. The summed E-state index contributed by atoms with van der Waals surface area (Å²) in [4.78, 5) is 17.8. The Morgan fingerprint density at radius 3 is 2.72 bits per heavy atom. The summed E-state index contributed by atoms with van der Waals surface area (Å²) in [6.07, 6.45) is 3.48. The van der Waals surface area contributed by atoms with Crippen molar-refractivity contribution in [2.24, 2.45) is 0 Å². The van der Waals surface area contributed by atoms with E-state index < -0.39 is 0 Å². The van der Waals surface area contributed by atoms with Crippen molar-refractivity contribution in [2.75, 3.05) is 13.7 Å². The average Bonchev–Trinajstić information content (AvgIpc) is 3.27. The van der Waals surface area contributed by atoms with Crippen LogP contribution in [0.3, 0.4) is 0 Å². The summed E-state index contributed by atoms with van der Waals surface area (Å²) < 4.78 is 13.6. The highest BCUT2D eigenvalue weighted by Gasteiger charge is 2.13. The van der Waals surface area contributed by atoms with Crippen LogP contribution >= 0.6 is 27.3 Å². The Morgan fingerprint density at radius 1 is 1.24 bits per heavy atom. The van der Waals surface area contributed by atoms with Gasteiger partial charge in [-0.2, -0.15) is 9.50 Å². The quantitative estimate of drug-likeness (QED) is 0.402. The van der Waals surface area contributed by atoms with Crippen molar-refractivity contribution < 1.29 is 9.47 Å². The van der Waals surface area contributed by atoms with E-state index in [9.17, 15) is 4.79 Å². The molecule has 0 spiro atoms. The molecule has 0 saturated carbocycles. The maximum Gasteiger partial charge on any atom is 0.291 e. The van der Waals surface area contributed by atoms with E-state index in [1.165, 1.54) is 15.9 Å². The molecule has 6 nitrogen and oxygen atoms in total. The summed E-state index contributed by atoms with van der Waals surface area (Å²) in [6, 6.07) is 13.0. The second-order valence-electron chi connectivity index (χ2n) is 6.06. The van der Waals surface area contributed by atoms with Crippen LogP contribution in [0.4, 0.5) is 0 Å². The molecular formula is C21H16BrN3O3S. The van der Waals surface area contributed by atoms with Crippen LogP contribution in [0.2, 0.25) is 0 Å². The summed E-state index contributed by atoms with van der Waals surface area (Å²) in [5.41, 5.74) is 1.40. The third kappa shape index (κ3) is 3.94. The van der Waals surface area contributed by atoms with Gasteiger partial charge in [0.15, 0.2) is 5.82 Å². The summed E-state index contributed by atoms with van der Waals surface area (Å²) in [5.74, 6) is 1.92. The van der Waals surface area contributed by atoms with Crippen LogP contribution in [0.15, 0.2) is 64.4 Å². The molecule has 0 bridgehead atoms. The summed E-state index contributed by atoms with van der Waals surface area (Å²) >= 11 is 4.73. The van der Waals surface area contributed by atoms with Gasteiger partial charge < -0.3 is 9.47 Å². The fraction of sp³-hybridized carbons (Fsp3) is 0.0952. The smallest absolute Gasteiger partial charge is 0.291 e. The first kappa shape index (κ1) is 19.4. The third-order valence-corrected chi connectivity index (χ3v) is 5.59. The fourth-order valence-corrected chi connectivity index (χ4v) is 4.05. The van der Waals surface area contributed by atoms with E-state index in [2.05, 4.69) is 32.6 Å². The van der Waals surface area contributed by atoms with Gasteiger partial charge in [0.05, 0.1) is 11.6 Å². The second kappa shape index (κ2) is 8.18. The Labute approximate surface area is 178 Å². The minimum absolute atomic E-state index is 0.211. The van der Waals surface area contributed by atoms with Gasteiger partial charge in [0.2, 0.25) is 4.96 Å². The lowest BCUT2D eigenvalue weighted by Gasteiger charge is -2.04. The molecule has 0 atom stereocenters. The Kier molecular flexibility index (Phi) is 5.46. The van der Waals surface area contributed by atoms with Crippen LogP contribution < -0.4 is 19.6 Å². The van der Waals surface area contributed by atoms with Crippen molar-refractivity contribution in [3.8, 4) is 22.9 Å². The normalized spacial score (nSPS) is 11.7. The molecule has 4 rings (SSSR count). The first-order valence-corrected chi connectivity index (χ1v) is 10.3. The zero-order valence-electron chi connectivity index (χ0n) is 15.5. The van der Waals surface area contributed by atoms with Crippen LogP contribution in [0.1, 0.15) is 5.56 Å². The molecule has 0 unspecified atom stereocenters. The molecule has 2 aromatic heterocycles. The largest absolute Gasteiger partial charge is 0.496 e. The van der Waals surface area contributed by atoms with E-state index in [1.807, 2.05) is 42.5 Å². The van der Waals surface area contributed by atoms with Gasteiger partial charge in [0, 0.05) is 15.6 Å². The van der Waals surface area contributed by atoms with Crippen molar-refractivity contribution in [1.82, 2.24) is 14.6 Å². The standard InChI is InChI=1S/C21H16BrN3O3S/c1-3-10-28-16-7-4-13(5-8-16)19-23-21-25(24-19)20(26)18(29-21)12-14-11-15(22)6-9-17(14)27-2/h3-9,11-12H,1,10H2,2H3/b18-12+. The van der Waals surface area contributed by atoms with E-state index in [-0.39, 0.29) is 5.56 Å². The van der Waals surface area contributed by atoms with E-state index in [0.717, 1.165) is 21.3 Å². The van der Waals surface area contributed by atoms with Crippen molar-refractivity contribution in [3.63, 3.8) is 0 Å². The van der Waals surface area contributed by atoms with E-state index >= 15 is 0 Å². The molecular weight excluding hydrogens is 454 g/mol. The molecule has 29 heavy (non-hydrogen) atoms. The number of ether oxygens (including phenoxy) is 2. The van der Waals surface area contributed by atoms with Gasteiger partial charge in [-0.3, -0.25) is 4.79 Å². The van der Waals surface area contributed by atoms with Crippen molar-refractivity contribution >= 4 is 38.3 Å². The highest BCUT2D eigenvalue weighted by atomic mass is 79.9. The molecule has 8 heteroatoms. The first-order chi connectivity index (χ1) is 14.1. The highest BCUT2D eigenvalue weighted by molar-refractivity contribution is 9.10. The molecule has 0 fully saturated rings. The molecule has 0 N–H and O–H groups in total. The van der Waals surface area contributed by atoms with Crippen LogP contribution in [0.5, 0.6) is 11.5 Å². The summed E-state index contributed by atoms with van der Waals surface area (Å²) in [6.45, 7) is 4.07. The molecule has 2 heterocycles. The van der Waals surface area contributed by atoms with E-state index in [1.54, 1.807) is 19.3 Å². The maximum absolute atomic E-state index is 12.8. The number of thiazole rings is 1. The Bertz CT molecular complexity index is 1300. The van der Waals surface area contributed by atoms with Gasteiger partial charge in [-0.25, -0.2) is 0 Å². The fourth-order valence-electron chi connectivity index (χ4n) is 2.77. The van der Waals surface area contributed by atoms with E-state index in [0.29, 0.717) is 27.7 Å². The molecule has 146 valence electrons. The third-order valence-electron chi connectivity index (χ3n) is 4.14. The topological polar surface area (TPSA) is 65.7 Å². The van der Waals surface area contributed by atoms with Crippen LogP contribution in [-0.2, 0) is 0 Å². The van der Waals surface area contributed by atoms with Crippen molar-refractivity contribution in [1.29, 1.82) is 0 Å². The zero-order valence-corrected chi connectivity index (χ0v) is 17.9. The Morgan fingerprint density at radius 2 is 2.03 bits per heavy atom. The van der Waals surface area contributed by atoms with Gasteiger partial charge in [-0.05, 0) is 48.5 Å². The molecule has 0 aliphatic rings. The minimum Gasteiger partial charge on any atom is -0.496 e. The zero-order chi connectivity index (χ0) is 20.4. The Hall–Kier alpha value is -2.97. The molecule has 0 aliphatic heterocycles. The number of aromatic nitrogens is 3. The van der Waals surface area contributed by atoms with E-state index in [4.69, 9.17) is 9.47 Å². The van der Waals surface area contributed by atoms with Crippen LogP contribution in [0, 0.1) is 0 Å². The summed E-state index contributed by atoms with van der Waals surface area (Å²) in [5, 5.41) is 4.38. The van der Waals surface area contributed by atoms with Gasteiger partial charge in [-0.1, -0.05) is 39.9 Å². The number of hydrogen-bond donors (Lipinski definition) is 0. The average molecular weight is 470 g/mol. The lowest BCUT2D eigenvalue weighted by atomic mass is 10.2. The van der Waals surface area contributed by atoms with Crippen LogP contribution in [-0.4, -0.2) is 28.3 Å². The first-order valence-electron chi connectivity index (χ1n) is 8.68. The van der Waals surface area contributed by atoms with Gasteiger partial charge >= 0.3 is 0 Å². The Balaban J connectivity index is 1.71. The predicted octanol–water partition coefficient (Wildman–Crippen LogP) is 3.70. The molecule has 2 aromatic carbocycles. The molecule has 4 aromatic rings. The second-order valence-corrected chi connectivity index (χ2v) is 7.98. The maximum atomic E-state index is 12.8. The minimum atomic E-state index is -0.211. The van der Waals surface area contributed by atoms with Crippen molar-refractivity contribution in [2.45, 2.75) is 0 Å². The monoisotopic (exact) mass is 469 g/mol.